The number of carbonyl (C=O) groups is 1. The Balaban J connectivity index is 2.13. The summed E-state index contributed by atoms with van der Waals surface area (Å²) in [6.07, 6.45) is 0.692. The molecular weight excluding hydrogens is 270 g/mol. The van der Waals surface area contributed by atoms with E-state index in [2.05, 4.69) is 4.98 Å². The lowest BCUT2D eigenvalue weighted by molar-refractivity contribution is 0.101. The Hall–Kier alpha value is -1.39. The first kappa shape index (κ1) is 13.1. The first-order valence-corrected chi connectivity index (χ1v) is 6.81. The van der Waals surface area contributed by atoms with E-state index in [1.807, 2.05) is 24.3 Å². The molecule has 0 unspecified atom stereocenters. The van der Waals surface area contributed by atoms with Gasteiger partial charge in [0.25, 0.3) is 0 Å². The average Bonchev–Trinajstić information content (AvgIpc) is 2.86. The highest BCUT2D eigenvalue weighted by Crippen LogP contribution is 2.19. The number of rotatable bonds is 5. The number of aromatic nitrogens is 1. The van der Waals surface area contributed by atoms with Crippen molar-refractivity contribution in [3.63, 3.8) is 0 Å². The van der Waals surface area contributed by atoms with Crippen LogP contribution in [0, 0.1) is 0 Å². The minimum absolute atomic E-state index is 0.0255. The van der Waals surface area contributed by atoms with E-state index in [9.17, 15) is 4.79 Å². The number of Topliss-reactive ketones (excluding diaryl/α,β-unsaturated/α-hetero) is 1. The SMILES string of the molecule is COc1cccc(Cc2nc(C(=O)CCl)cs2)c1. The second kappa shape index (κ2) is 5.98. The van der Waals surface area contributed by atoms with Gasteiger partial charge in [-0.1, -0.05) is 12.1 Å². The number of halogens is 1. The number of nitrogens with zero attached hydrogens (tertiary/aromatic N) is 1. The third-order valence-corrected chi connectivity index (χ3v) is 3.54. The van der Waals surface area contributed by atoms with Crippen LogP contribution in [0.5, 0.6) is 5.75 Å². The molecule has 0 amide bonds. The lowest BCUT2D eigenvalue weighted by atomic mass is 10.1. The van der Waals surface area contributed by atoms with E-state index in [1.165, 1.54) is 11.3 Å². The fourth-order valence-corrected chi connectivity index (χ4v) is 2.52. The van der Waals surface area contributed by atoms with Crippen LogP contribution in [0.2, 0.25) is 0 Å². The van der Waals surface area contributed by atoms with Gasteiger partial charge >= 0.3 is 0 Å². The van der Waals surface area contributed by atoms with Gasteiger partial charge in [-0.3, -0.25) is 4.79 Å². The number of thiazole rings is 1. The first-order valence-electron chi connectivity index (χ1n) is 5.39. The van der Waals surface area contributed by atoms with Gasteiger partial charge in [0.1, 0.15) is 11.4 Å². The highest BCUT2D eigenvalue weighted by Gasteiger charge is 2.09. The zero-order valence-electron chi connectivity index (χ0n) is 9.85. The van der Waals surface area contributed by atoms with Gasteiger partial charge in [0, 0.05) is 11.8 Å². The zero-order valence-corrected chi connectivity index (χ0v) is 11.4. The van der Waals surface area contributed by atoms with Crippen LogP contribution in [-0.4, -0.2) is 23.8 Å². The summed E-state index contributed by atoms with van der Waals surface area (Å²) in [6.45, 7) is 0. The topological polar surface area (TPSA) is 39.2 Å². The molecule has 0 spiro atoms. The van der Waals surface area contributed by atoms with Gasteiger partial charge in [0.05, 0.1) is 18.0 Å². The molecule has 0 fully saturated rings. The van der Waals surface area contributed by atoms with Crippen LogP contribution in [0.4, 0.5) is 0 Å². The molecule has 0 aliphatic carbocycles. The maximum atomic E-state index is 11.4. The van der Waals surface area contributed by atoms with Crippen LogP contribution >= 0.6 is 22.9 Å². The Bertz CT molecular complexity index is 553. The first-order chi connectivity index (χ1) is 8.72. The normalized spacial score (nSPS) is 10.3. The largest absolute Gasteiger partial charge is 0.497 e. The van der Waals surface area contributed by atoms with Crippen molar-refractivity contribution in [1.29, 1.82) is 0 Å². The summed E-state index contributed by atoms with van der Waals surface area (Å²) in [5, 5.41) is 2.65. The molecular formula is C13H12ClNO2S. The van der Waals surface area contributed by atoms with E-state index >= 15 is 0 Å². The van der Waals surface area contributed by atoms with Gasteiger partial charge in [-0.2, -0.15) is 0 Å². The van der Waals surface area contributed by atoms with Crippen LogP contribution in [-0.2, 0) is 6.42 Å². The average molecular weight is 282 g/mol. The number of ether oxygens (including phenoxy) is 1. The monoisotopic (exact) mass is 281 g/mol. The summed E-state index contributed by atoms with van der Waals surface area (Å²) in [6, 6.07) is 7.80. The van der Waals surface area contributed by atoms with E-state index in [-0.39, 0.29) is 11.7 Å². The predicted molar refractivity (Wildman–Crippen MR) is 73.0 cm³/mol. The number of carbonyl (C=O) groups excluding carboxylic acids is 1. The maximum Gasteiger partial charge on any atom is 0.196 e. The number of alkyl halides is 1. The zero-order chi connectivity index (χ0) is 13.0. The fourth-order valence-electron chi connectivity index (χ4n) is 1.55. The van der Waals surface area contributed by atoms with Crippen molar-refractivity contribution in [2.24, 2.45) is 0 Å². The van der Waals surface area contributed by atoms with Gasteiger partial charge in [-0.05, 0) is 17.7 Å². The Morgan fingerprint density at radius 2 is 2.33 bits per heavy atom. The van der Waals surface area contributed by atoms with Crippen LogP contribution in [0.25, 0.3) is 0 Å². The molecule has 18 heavy (non-hydrogen) atoms. The van der Waals surface area contributed by atoms with Crippen LogP contribution < -0.4 is 4.74 Å². The summed E-state index contributed by atoms with van der Waals surface area (Å²) in [5.74, 6) is 0.661. The molecule has 2 rings (SSSR count). The summed E-state index contributed by atoms with van der Waals surface area (Å²) >= 11 is 6.96. The van der Waals surface area contributed by atoms with Gasteiger partial charge in [0.15, 0.2) is 5.78 Å². The Kier molecular flexibility index (Phi) is 4.33. The number of methoxy groups -OCH3 is 1. The Labute approximate surface area is 114 Å². The molecule has 0 aliphatic heterocycles. The van der Waals surface area contributed by atoms with Crippen molar-refractivity contribution < 1.29 is 9.53 Å². The number of hydrogen-bond donors (Lipinski definition) is 0. The molecule has 3 nitrogen and oxygen atoms in total. The Morgan fingerprint density at radius 3 is 3.06 bits per heavy atom. The van der Waals surface area contributed by atoms with Crippen molar-refractivity contribution in [1.82, 2.24) is 4.98 Å². The molecule has 1 heterocycles. The Morgan fingerprint density at radius 1 is 1.50 bits per heavy atom. The molecule has 0 aliphatic rings. The van der Waals surface area contributed by atoms with E-state index in [0.29, 0.717) is 12.1 Å². The summed E-state index contributed by atoms with van der Waals surface area (Å²) in [7, 11) is 1.64. The van der Waals surface area contributed by atoms with E-state index in [1.54, 1.807) is 12.5 Å². The minimum atomic E-state index is -0.134. The molecule has 94 valence electrons. The number of benzene rings is 1. The third-order valence-electron chi connectivity index (χ3n) is 2.45. The highest BCUT2D eigenvalue weighted by molar-refractivity contribution is 7.09. The third kappa shape index (κ3) is 3.09. The minimum Gasteiger partial charge on any atom is -0.497 e. The number of ketones is 1. The highest BCUT2D eigenvalue weighted by atomic mass is 35.5. The number of hydrogen-bond acceptors (Lipinski definition) is 4. The molecule has 0 saturated heterocycles. The fraction of sp³-hybridized carbons (Fsp3) is 0.231. The van der Waals surface area contributed by atoms with Gasteiger partial charge in [-0.25, -0.2) is 4.98 Å². The molecule has 0 atom stereocenters. The molecule has 0 saturated carbocycles. The standard InChI is InChI=1S/C13H12ClNO2S/c1-17-10-4-2-3-9(5-10)6-13-15-11(8-18-13)12(16)7-14/h2-5,8H,6-7H2,1H3. The quantitative estimate of drug-likeness (QED) is 0.624. The van der Waals surface area contributed by atoms with Gasteiger partial charge in [-0.15, -0.1) is 22.9 Å². The second-order valence-electron chi connectivity index (χ2n) is 3.71. The van der Waals surface area contributed by atoms with Crippen LogP contribution in [0.1, 0.15) is 21.1 Å². The summed E-state index contributed by atoms with van der Waals surface area (Å²) in [4.78, 5) is 15.6. The van der Waals surface area contributed by atoms with Crippen molar-refractivity contribution in [2.45, 2.75) is 6.42 Å². The van der Waals surface area contributed by atoms with Crippen molar-refractivity contribution in [2.75, 3.05) is 13.0 Å². The van der Waals surface area contributed by atoms with Gasteiger partial charge < -0.3 is 4.74 Å². The molecule has 0 bridgehead atoms. The molecule has 1 aromatic carbocycles. The molecule has 0 N–H and O–H groups in total. The smallest absolute Gasteiger partial charge is 0.196 e. The van der Waals surface area contributed by atoms with Crippen molar-refractivity contribution in [3.8, 4) is 5.75 Å². The molecule has 2 aromatic rings. The van der Waals surface area contributed by atoms with Crippen LogP contribution in [0.3, 0.4) is 0 Å². The molecule has 5 heteroatoms. The lowest BCUT2D eigenvalue weighted by Gasteiger charge is -2.02. The van der Waals surface area contributed by atoms with E-state index < -0.39 is 0 Å². The molecule has 1 aromatic heterocycles. The lowest BCUT2D eigenvalue weighted by Crippen LogP contribution is -2.00. The van der Waals surface area contributed by atoms with E-state index in [4.69, 9.17) is 16.3 Å². The van der Waals surface area contributed by atoms with E-state index in [0.717, 1.165) is 16.3 Å². The predicted octanol–water partition coefficient (Wildman–Crippen LogP) is 3.16. The van der Waals surface area contributed by atoms with Crippen LogP contribution in [0.15, 0.2) is 29.6 Å². The van der Waals surface area contributed by atoms with Crippen molar-refractivity contribution >= 4 is 28.7 Å². The summed E-state index contributed by atoms with van der Waals surface area (Å²) in [5.41, 5.74) is 1.56. The summed E-state index contributed by atoms with van der Waals surface area (Å²) < 4.78 is 5.16. The van der Waals surface area contributed by atoms with Gasteiger partial charge in [0.2, 0.25) is 0 Å². The second-order valence-corrected chi connectivity index (χ2v) is 4.92. The maximum absolute atomic E-state index is 11.4. The van der Waals surface area contributed by atoms with Crippen molar-refractivity contribution in [3.05, 3.63) is 45.9 Å². The molecule has 0 radical (unpaired) electrons.